The van der Waals surface area contributed by atoms with Gasteiger partial charge in [0.15, 0.2) is 0 Å². The first kappa shape index (κ1) is 13.8. The number of ketones is 1. The van der Waals surface area contributed by atoms with E-state index in [2.05, 4.69) is 6.92 Å². The van der Waals surface area contributed by atoms with Crippen LogP contribution in [0, 0.1) is 17.6 Å². The van der Waals surface area contributed by atoms with Crippen molar-refractivity contribution in [3.63, 3.8) is 0 Å². The molecule has 0 fully saturated rings. The molecule has 0 spiro atoms. The Morgan fingerprint density at radius 3 is 2.65 bits per heavy atom. The van der Waals surface area contributed by atoms with Gasteiger partial charge >= 0.3 is 0 Å². The molecule has 3 heteroatoms. The minimum atomic E-state index is -0.638. The van der Waals surface area contributed by atoms with E-state index in [-0.39, 0.29) is 17.8 Å². The molecule has 1 nitrogen and oxygen atoms in total. The summed E-state index contributed by atoms with van der Waals surface area (Å²) in [7, 11) is 0. The molecular formula is C14H18F2O. The van der Waals surface area contributed by atoms with Gasteiger partial charge in [0, 0.05) is 18.9 Å². The smallest absolute Gasteiger partial charge is 0.137 e. The molecule has 0 radical (unpaired) electrons. The zero-order chi connectivity index (χ0) is 12.8. The summed E-state index contributed by atoms with van der Waals surface area (Å²) in [5.74, 6) is -0.910. The van der Waals surface area contributed by atoms with Crippen LogP contribution in [0.15, 0.2) is 18.2 Å². The lowest BCUT2D eigenvalue weighted by Crippen LogP contribution is -2.09. The fourth-order valence-electron chi connectivity index (χ4n) is 1.93. The molecule has 1 aromatic carbocycles. The molecule has 0 aliphatic rings. The van der Waals surface area contributed by atoms with Crippen LogP contribution in [-0.4, -0.2) is 5.78 Å². The lowest BCUT2D eigenvalue weighted by atomic mass is 9.96. The quantitative estimate of drug-likeness (QED) is 0.737. The number of hydrogen-bond donors (Lipinski definition) is 0. The maximum Gasteiger partial charge on any atom is 0.137 e. The van der Waals surface area contributed by atoms with Gasteiger partial charge in [-0.3, -0.25) is 4.79 Å². The monoisotopic (exact) mass is 240 g/mol. The van der Waals surface area contributed by atoms with Crippen LogP contribution in [0.5, 0.6) is 0 Å². The van der Waals surface area contributed by atoms with Crippen LogP contribution in [0.4, 0.5) is 8.78 Å². The van der Waals surface area contributed by atoms with E-state index < -0.39 is 11.6 Å². The highest BCUT2D eigenvalue weighted by Gasteiger charge is 2.12. The SMILES string of the molecule is CCCC(C)CC(=O)Cc1ccc(F)cc1F. The van der Waals surface area contributed by atoms with Gasteiger partial charge in [-0.15, -0.1) is 0 Å². The predicted molar refractivity (Wildman–Crippen MR) is 63.8 cm³/mol. The second-order valence-electron chi connectivity index (χ2n) is 4.55. The first-order chi connectivity index (χ1) is 8.02. The zero-order valence-corrected chi connectivity index (χ0v) is 10.3. The van der Waals surface area contributed by atoms with E-state index in [0.717, 1.165) is 18.9 Å². The summed E-state index contributed by atoms with van der Waals surface area (Å²) < 4.78 is 26.0. The van der Waals surface area contributed by atoms with Crippen molar-refractivity contribution in [1.29, 1.82) is 0 Å². The highest BCUT2D eigenvalue weighted by molar-refractivity contribution is 5.81. The standard InChI is InChI=1S/C14H18F2O/c1-3-4-10(2)7-13(17)8-11-5-6-12(15)9-14(11)16/h5-6,9-10H,3-4,7-8H2,1-2H3. The van der Waals surface area contributed by atoms with Crippen molar-refractivity contribution in [3.05, 3.63) is 35.4 Å². The molecule has 0 aromatic heterocycles. The second-order valence-corrected chi connectivity index (χ2v) is 4.55. The Balaban J connectivity index is 2.56. The van der Waals surface area contributed by atoms with E-state index in [1.165, 1.54) is 12.1 Å². The van der Waals surface area contributed by atoms with Crippen molar-refractivity contribution < 1.29 is 13.6 Å². The molecule has 0 saturated carbocycles. The summed E-state index contributed by atoms with van der Waals surface area (Å²) in [5, 5.41) is 0. The highest BCUT2D eigenvalue weighted by atomic mass is 19.1. The molecular weight excluding hydrogens is 222 g/mol. The van der Waals surface area contributed by atoms with Gasteiger partial charge in [-0.2, -0.15) is 0 Å². The molecule has 1 atom stereocenters. The summed E-state index contributed by atoms with van der Waals surface area (Å²) in [5.41, 5.74) is 0.278. The van der Waals surface area contributed by atoms with E-state index >= 15 is 0 Å². The molecule has 0 aliphatic heterocycles. The highest BCUT2D eigenvalue weighted by Crippen LogP contribution is 2.15. The van der Waals surface area contributed by atoms with E-state index in [1.54, 1.807) is 0 Å². The summed E-state index contributed by atoms with van der Waals surface area (Å²) in [6.45, 7) is 4.09. The average molecular weight is 240 g/mol. The molecule has 0 saturated heterocycles. The van der Waals surface area contributed by atoms with E-state index in [0.29, 0.717) is 12.3 Å². The van der Waals surface area contributed by atoms with Crippen molar-refractivity contribution in [2.45, 2.75) is 39.5 Å². The Bertz CT molecular complexity index is 388. The molecule has 0 bridgehead atoms. The lowest BCUT2D eigenvalue weighted by molar-refractivity contribution is -0.119. The van der Waals surface area contributed by atoms with E-state index in [4.69, 9.17) is 0 Å². The zero-order valence-electron chi connectivity index (χ0n) is 10.3. The Labute approximate surface area is 101 Å². The third-order valence-corrected chi connectivity index (χ3v) is 2.76. The summed E-state index contributed by atoms with van der Waals surface area (Å²) >= 11 is 0. The molecule has 0 N–H and O–H groups in total. The minimum absolute atomic E-state index is 0.0106. The number of Topliss-reactive ketones (excluding diaryl/α,β-unsaturated/α-hetero) is 1. The van der Waals surface area contributed by atoms with Gasteiger partial charge < -0.3 is 0 Å². The van der Waals surface area contributed by atoms with Crippen LogP contribution >= 0.6 is 0 Å². The van der Waals surface area contributed by atoms with Crippen LogP contribution in [0.2, 0.25) is 0 Å². The fourth-order valence-corrected chi connectivity index (χ4v) is 1.93. The van der Waals surface area contributed by atoms with Crippen LogP contribution in [-0.2, 0) is 11.2 Å². The van der Waals surface area contributed by atoms with Gasteiger partial charge in [-0.25, -0.2) is 8.78 Å². The minimum Gasteiger partial charge on any atom is -0.299 e. The lowest BCUT2D eigenvalue weighted by Gasteiger charge is -2.09. The van der Waals surface area contributed by atoms with Crippen LogP contribution in [0.3, 0.4) is 0 Å². The van der Waals surface area contributed by atoms with Crippen molar-refractivity contribution in [2.75, 3.05) is 0 Å². The van der Waals surface area contributed by atoms with Crippen molar-refractivity contribution in [3.8, 4) is 0 Å². The Morgan fingerprint density at radius 2 is 2.06 bits per heavy atom. The third kappa shape index (κ3) is 4.63. The average Bonchev–Trinajstić information content (AvgIpc) is 2.22. The fraction of sp³-hybridized carbons (Fsp3) is 0.500. The second kappa shape index (κ2) is 6.48. The molecule has 1 rings (SSSR count). The van der Waals surface area contributed by atoms with Crippen LogP contribution in [0.25, 0.3) is 0 Å². The number of hydrogen-bond acceptors (Lipinski definition) is 1. The normalized spacial score (nSPS) is 12.5. The van der Waals surface area contributed by atoms with Crippen LogP contribution < -0.4 is 0 Å². The van der Waals surface area contributed by atoms with Gasteiger partial charge in [0.05, 0.1) is 0 Å². The Kier molecular flexibility index (Phi) is 5.26. The number of carbonyl (C=O) groups is 1. The van der Waals surface area contributed by atoms with Crippen molar-refractivity contribution >= 4 is 5.78 Å². The number of benzene rings is 1. The Hall–Kier alpha value is -1.25. The van der Waals surface area contributed by atoms with Crippen LogP contribution in [0.1, 0.15) is 38.7 Å². The third-order valence-electron chi connectivity index (χ3n) is 2.76. The predicted octanol–water partition coefficient (Wildman–Crippen LogP) is 3.90. The van der Waals surface area contributed by atoms with E-state index in [1.807, 2.05) is 6.92 Å². The summed E-state index contributed by atoms with van der Waals surface area (Å²) in [4.78, 5) is 11.7. The largest absolute Gasteiger partial charge is 0.299 e. The molecule has 1 aromatic rings. The molecule has 0 heterocycles. The maximum atomic E-state index is 13.3. The van der Waals surface area contributed by atoms with Gasteiger partial charge in [-0.05, 0) is 17.5 Å². The van der Waals surface area contributed by atoms with Gasteiger partial charge in [0.2, 0.25) is 0 Å². The first-order valence-electron chi connectivity index (χ1n) is 5.98. The Morgan fingerprint density at radius 1 is 1.35 bits per heavy atom. The van der Waals surface area contributed by atoms with Crippen molar-refractivity contribution in [1.82, 2.24) is 0 Å². The number of halogens is 2. The van der Waals surface area contributed by atoms with Gasteiger partial charge in [0.1, 0.15) is 17.4 Å². The topological polar surface area (TPSA) is 17.1 Å². The first-order valence-corrected chi connectivity index (χ1v) is 5.98. The molecule has 0 amide bonds. The maximum absolute atomic E-state index is 13.3. The van der Waals surface area contributed by atoms with Crippen molar-refractivity contribution in [2.24, 2.45) is 5.92 Å². The molecule has 17 heavy (non-hydrogen) atoms. The van der Waals surface area contributed by atoms with E-state index in [9.17, 15) is 13.6 Å². The molecule has 94 valence electrons. The number of rotatable bonds is 6. The summed E-state index contributed by atoms with van der Waals surface area (Å²) in [6, 6.07) is 3.34. The van der Waals surface area contributed by atoms with Gasteiger partial charge in [0.25, 0.3) is 0 Å². The van der Waals surface area contributed by atoms with Gasteiger partial charge in [-0.1, -0.05) is 32.8 Å². The molecule has 1 unspecified atom stereocenters. The number of carbonyl (C=O) groups excluding carboxylic acids is 1. The summed E-state index contributed by atoms with van der Waals surface area (Å²) in [6.07, 6.45) is 2.56. The molecule has 0 aliphatic carbocycles.